The number of rotatable bonds is 4. The number of benzene rings is 3. The van der Waals surface area contributed by atoms with Crippen LogP contribution in [0, 0.1) is 18.3 Å². The van der Waals surface area contributed by atoms with E-state index in [2.05, 4.69) is 37.3 Å². The van der Waals surface area contributed by atoms with Crippen LogP contribution in [0.3, 0.4) is 0 Å². The van der Waals surface area contributed by atoms with Crippen molar-refractivity contribution >= 4 is 23.9 Å². The van der Waals surface area contributed by atoms with Gasteiger partial charge in [0.1, 0.15) is 6.07 Å². The third-order valence-corrected chi connectivity index (χ3v) is 4.74. The fourth-order valence-electron chi connectivity index (χ4n) is 2.38. The van der Waals surface area contributed by atoms with Gasteiger partial charge in [0.25, 0.3) is 0 Å². The van der Waals surface area contributed by atoms with Crippen LogP contribution >= 0.6 is 11.8 Å². The predicted octanol–water partition coefficient (Wildman–Crippen LogP) is 6.19. The highest BCUT2D eigenvalue weighted by Crippen LogP contribution is 2.32. The molecule has 3 aromatic carbocycles. The lowest BCUT2D eigenvalue weighted by molar-refractivity contribution is 1.33. The zero-order valence-electron chi connectivity index (χ0n) is 13.4. The monoisotopic (exact) mass is 327 g/mol. The second-order valence-electron chi connectivity index (χ2n) is 5.49. The Labute approximate surface area is 147 Å². The van der Waals surface area contributed by atoms with Crippen molar-refractivity contribution in [3.63, 3.8) is 0 Å². The van der Waals surface area contributed by atoms with E-state index in [1.165, 1.54) is 5.56 Å². The highest BCUT2D eigenvalue weighted by Gasteiger charge is 2.07. The smallest absolute Gasteiger partial charge is 0.101 e. The lowest BCUT2D eigenvalue weighted by atomic mass is 10.1. The van der Waals surface area contributed by atoms with Gasteiger partial charge in [-0.05, 0) is 36.2 Å². The molecule has 0 radical (unpaired) electrons. The van der Waals surface area contributed by atoms with E-state index in [0.29, 0.717) is 0 Å². The zero-order chi connectivity index (χ0) is 16.8. The first-order chi connectivity index (χ1) is 11.8. The maximum atomic E-state index is 9.62. The molecule has 0 spiro atoms. The van der Waals surface area contributed by atoms with Crippen LogP contribution in [0.4, 0.5) is 0 Å². The molecule has 0 aliphatic heterocycles. The molecule has 3 aromatic rings. The van der Waals surface area contributed by atoms with Gasteiger partial charge < -0.3 is 0 Å². The quantitative estimate of drug-likeness (QED) is 0.534. The van der Waals surface area contributed by atoms with Crippen molar-refractivity contribution in [1.82, 2.24) is 0 Å². The van der Waals surface area contributed by atoms with Gasteiger partial charge in [-0.2, -0.15) is 5.26 Å². The number of hydrogen-bond donors (Lipinski definition) is 0. The Balaban J connectivity index is 1.90. The summed E-state index contributed by atoms with van der Waals surface area (Å²) in [6, 6.07) is 26.8. The zero-order valence-corrected chi connectivity index (χ0v) is 14.3. The first-order valence-corrected chi connectivity index (χ1v) is 8.59. The number of hydrogen-bond acceptors (Lipinski definition) is 2. The molecule has 0 aromatic heterocycles. The van der Waals surface area contributed by atoms with E-state index in [0.717, 1.165) is 26.5 Å². The lowest BCUT2D eigenvalue weighted by Crippen LogP contribution is -1.87. The van der Waals surface area contributed by atoms with Crippen molar-refractivity contribution in [3.05, 3.63) is 95.1 Å². The van der Waals surface area contributed by atoms with Gasteiger partial charge in [0.2, 0.25) is 0 Å². The van der Waals surface area contributed by atoms with Crippen molar-refractivity contribution in [2.45, 2.75) is 16.7 Å². The molecule has 3 rings (SSSR count). The molecule has 24 heavy (non-hydrogen) atoms. The van der Waals surface area contributed by atoms with Crippen LogP contribution in [0.2, 0.25) is 0 Å². The summed E-state index contributed by atoms with van der Waals surface area (Å²) in [6.45, 7) is 2.07. The number of nitriles is 1. The average molecular weight is 327 g/mol. The summed E-state index contributed by atoms with van der Waals surface area (Å²) in [6.07, 6.45) is 4.05. The summed E-state index contributed by atoms with van der Waals surface area (Å²) in [4.78, 5) is 2.12. The van der Waals surface area contributed by atoms with Crippen LogP contribution in [0.5, 0.6) is 0 Å². The molecule has 0 heterocycles. The summed E-state index contributed by atoms with van der Waals surface area (Å²) in [5.74, 6) is 0. The lowest BCUT2D eigenvalue weighted by Gasteiger charge is -2.07. The van der Waals surface area contributed by atoms with E-state index >= 15 is 0 Å². The van der Waals surface area contributed by atoms with Crippen LogP contribution in [0.1, 0.15) is 22.3 Å². The molecule has 2 heteroatoms. The van der Waals surface area contributed by atoms with Crippen molar-refractivity contribution in [1.29, 1.82) is 5.26 Å². The predicted molar refractivity (Wildman–Crippen MR) is 102 cm³/mol. The second kappa shape index (κ2) is 7.68. The van der Waals surface area contributed by atoms with Gasteiger partial charge in [0, 0.05) is 9.79 Å². The Morgan fingerprint density at radius 3 is 2.29 bits per heavy atom. The number of aryl methyl sites for hydroxylation is 1. The summed E-state index contributed by atoms with van der Waals surface area (Å²) in [5, 5.41) is 9.62. The largest absolute Gasteiger partial charge is 0.192 e. The Morgan fingerprint density at radius 1 is 0.833 bits per heavy atom. The molecule has 0 aliphatic carbocycles. The average Bonchev–Trinajstić information content (AvgIpc) is 2.63. The van der Waals surface area contributed by atoms with Gasteiger partial charge in [0.15, 0.2) is 0 Å². The Kier molecular flexibility index (Phi) is 5.15. The van der Waals surface area contributed by atoms with Gasteiger partial charge in [-0.3, -0.25) is 0 Å². The first-order valence-electron chi connectivity index (χ1n) is 7.77. The van der Waals surface area contributed by atoms with Crippen molar-refractivity contribution in [2.75, 3.05) is 0 Å². The van der Waals surface area contributed by atoms with Gasteiger partial charge >= 0.3 is 0 Å². The molecule has 0 N–H and O–H groups in total. The first kappa shape index (κ1) is 16.1. The second-order valence-corrected chi connectivity index (χ2v) is 6.61. The molecule has 1 nitrogen and oxygen atoms in total. The van der Waals surface area contributed by atoms with Gasteiger partial charge in [-0.1, -0.05) is 84.1 Å². The number of nitrogens with zero attached hydrogens (tertiary/aromatic N) is 1. The minimum Gasteiger partial charge on any atom is -0.192 e. The van der Waals surface area contributed by atoms with E-state index in [4.69, 9.17) is 0 Å². The standard InChI is InChI=1S/C22H17NS/c1-17-10-14-20(15-11-17)24-22-9-5-8-19(21(22)16-23)13-12-18-6-3-2-4-7-18/h2-15H,1H3/b13-12+. The van der Waals surface area contributed by atoms with Gasteiger partial charge in [0.05, 0.1) is 5.56 Å². The molecular weight excluding hydrogens is 310 g/mol. The Hall–Kier alpha value is -2.76. The van der Waals surface area contributed by atoms with Crippen LogP contribution in [-0.4, -0.2) is 0 Å². The Morgan fingerprint density at radius 2 is 1.58 bits per heavy atom. The molecular formula is C22H17NS. The van der Waals surface area contributed by atoms with Gasteiger partial charge in [-0.25, -0.2) is 0 Å². The minimum absolute atomic E-state index is 0.718. The fourth-order valence-corrected chi connectivity index (χ4v) is 3.31. The summed E-state index contributed by atoms with van der Waals surface area (Å²) < 4.78 is 0. The van der Waals surface area contributed by atoms with Crippen molar-refractivity contribution in [2.24, 2.45) is 0 Å². The van der Waals surface area contributed by atoms with Crippen LogP contribution < -0.4 is 0 Å². The molecule has 0 fully saturated rings. The van der Waals surface area contributed by atoms with Crippen LogP contribution in [0.15, 0.2) is 82.6 Å². The van der Waals surface area contributed by atoms with Gasteiger partial charge in [-0.15, -0.1) is 0 Å². The highest BCUT2D eigenvalue weighted by atomic mass is 32.2. The molecule has 0 saturated carbocycles. The van der Waals surface area contributed by atoms with Crippen molar-refractivity contribution < 1.29 is 0 Å². The molecule has 0 saturated heterocycles. The third-order valence-electron chi connectivity index (χ3n) is 3.67. The van der Waals surface area contributed by atoms with E-state index in [-0.39, 0.29) is 0 Å². The maximum Gasteiger partial charge on any atom is 0.101 e. The fraction of sp³-hybridized carbons (Fsp3) is 0.0455. The SMILES string of the molecule is Cc1ccc(Sc2cccc(/C=C/c3ccccc3)c2C#N)cc1. The summed E-state index contributed by atoms with van der Waals surface area (Å²) in [7, 11) is 0. The Bertz CT molecular complexity index is 888. The van der Waals surface area contributed by atoms with E-state index in [1.807, 2.05) is 60.7 Å². The van der Waals surface area contributed by atoms with E-state index < -0.39 is 0 Å². The molecule has 0 bridgehead atoms. The molecule has 0 aliphatic rings. The van der Waals surface area contributed by atoms with E-state index in [1.54, 1.807) is 11.8 Å². The van der Waals surface area contributed by atoms with Crippen molar-refractivity contribution in [3.8, 4) is 6.07 Å². The maximum absolute atomic E-state index is 9.62. The normalized spacial score (nSPS) is 10.7. The molecule has 116 valence electrons. The summed E-state index contributed by atoms with van der Waals surface area (Å²) >= 11 is 1.63. The highest BCUT2D eigenvalue weighted by molar-refractivity contribution is 7.99. The molecule has 0 atom stereocenters. The molecule has 0 unspecified atom stereocenters. The topological polar surface area (TPSA) is 23.8 Å². The third kappa shape index (κ3) is 3.95. The molecule has 0 amide bonds. The van der Waals surface area contributed by atoms with Crippen LogP contribution in [-0.2, 0) is 0 Å². The minimum atomic E-state index is 0.718. The van der Waals surface area contributed by atoms with Crippen LogP contribution in [0.25, 0.3) is 12.2 Å². The van der Waals surface area contributed by atoms with E-state index in [9.17, 15) is 5.26 Å². The summed E-state index contributed by atoms with van der Waals surface area (Å²) in [5.41, 5.74) is 4.02.